The predicted octanol–water partition coefficient (Wildman–Crippen LogP) is 4.78. The van der Waals surface area contributed by atoms with Crippen LogP contribution in [0.5, 0.6) is 11.5 Å². The summed E-state index contributed by atoms with van der Waals surface area (Å²) in [6.07, 6.45) is 0.871. The second kappa shape index (κ2) is 6.57. The average Bonchev–Trinajstić information content (AvgIpc) is 2.56. The summed E-state index contributed by atoms with van der Waals surface area (Å²) in [7, 11) is 0. The van der Waals surface area contributed by atoms with E-state index in [0.717, 1.165) is 17.5 Å². The first-order valence-corrected chi connectivity index (χ1v) is 7.75. The zero-order valence-electron chi connectivity index (χ0n) is 13.1. The van der Waals surface area contributed by atoms with Gasteiger partial charge < -0.3 is 10.2 Å². The van der Waals surface area contributed by atoms with Crippen LogP contribution in [0.25, 0.3) is 0 Å². The van der Waals surface area contributed by atoms with E-state index in [1.54, 1.807) is 24.3 Å². The molecule has 0 amide bonds. The lowest BCUT2D eigenvalue weighted by atomic mass is 9.86. The molecule has 0 aliphatic heterocycles. The Morgan fingerprint density at radius 3 is 1.52 bits per heavy atom. The van der Waals surface area contributed by atoms with Crippen molar-refractivity contribution in [3.8, 4) is 11.5 Å². The summed E-state index contributed by atoms with van der Waals surface area (Å²) in [5.74, 6) is 0.723. The molecule has 2 nitrogen and oxygen atoms in total. The van der Waals surface area contributed by atoms with Gasteiger partial charge in [-0.25, -0.2) is 0 Å². The number of benzene rings is 3. The second-order valence-corrected chi connectivity index (χ2v) is 5.93. The first kappa shape index (κ1) is 15.2. The number of hydrogen-bond acceptors (Lipinski definition) is 2. The second-order valence-electron chi connectivity index (χ2n) is 5.93. The lowest BCUT2D eigenvalue weighted by Gasteiger charge is -2.19. The molecule has 2 N–H and O–H groups in total. The minimum atomic E-state index is 0.180. The third-order valence-electron chi connectivity index (χ3n) is 4.15. The van der Waals surface area contributed by atoms with Gasteiger partial charge in [0.2, 0.25) is 0 Å². The quantitative estimate of drug-likeness (QED) is 0.728. The van der Waals surface area contributed by atoms with Gasteiger partial charge in [-0.05, 0) is 54.3 Å². The molecule has 2 heteroatoms. The maximum Gasteiger partial charge on any atom is 0.115 e. The van der Waals surface area contributed by atoms with Crippen molar-refractivity contribution in [2.24, 2.45) is 0 Å². The van der Waals surface area contributed by atoms with E-state index in [-0.39, 0.29) is 17.4 Å². The first-order valence-electron chi connectivity index (χ1n) is 7.75. The highest BCUT2D eigenvalue weighted by Crippen LogP contribution is 2.30. The Bertz CT molecular complexity index is 711. The van der Waals surface area contributed by atoms with Gasteiger partial charge in [-0.2, -0.15) is 0 Å². The van der Waals surface area contributed by atoms with Crippen LogP contribution >= 0.6 is 0 Å². The van der Waals surface area contributed by atoms with E-state index < -0.39 is 0 Å². The SMILES string of the molecule is Cc1ccc(CC(c2ccc(O)cc2)c2ccc(O)cc2)cc1. The molecule has 0 radical (unpaired) electrons. The minimum Gasteiger partial charge on any atom is -0.508 e. The highest BCUT2D eigenvalue weighted by molar-refractivity contribution is 5.39. The topological polar surface area (TPSA) is 40.5 Å². The summed E-state index contributed by atoms with van der Waals surface area (Å²) < 4.78 is 0. The fourth-order valence-corrected chi connectivity index (χ4v) is 2.80. The van der Waals surface area contributed by atoms with Crippen LogP contribution in [-0.2, 0) is 6.42 Å². The van der Waals surface area contributed by atoms with Crippen LogP contribution in [0, 0.1) is 6.92 Å². The molecule has 0 atom stereocenters. The van der Waals surface area contributed by atoms with Gasteiger partial charge in [0, 0.05) is 5.92 Å². The van der Waals surface area contributed by atoms with Gasteiger partial charge in [-0.15, -0.1) is 0 Å². The molecule has 0 bridgehead atoms. The van der Waals surface area contributed by atoms with Crippen molar-refractivity contribution < 1.29 is 10.2 Å². The molecule has 3 rings (SSSR count). The van der Waals surface area contributed by atoms with Crippen LogP contribution in [0.3, 0.4) is 0 Å². The normalized spacial score (nSPS) is 10.9. The fraction of sp³-hybridized carbons (Fsp3) is 0.143. The summed E-state index contributed by atoms with van der Waals surface area (Å²) in [5.41, 5.74) is 4.81. The van der Waals surface area contributed by atoms with Gasteiger partial charge in [0.15, 0.2) is 0 Å². The minimum absolute atomic E-state index is 0.180. The molecular formula is C21H20O2. The lowest BCUT2D eigenvalue weighted by molar-refractivity contribution is 0.475. The van der Waals surface area contributed by atoms with Crippen molar-refractivity contribution in [1.82, 2.24) is 0 Å². The molecule has 23 heavy (non-hydrogen) atoms. The summed E-state index contributed by atoms with van der Waals surface area (Å²) in [4.78, 5) is 0. The van der Waals surface area contributed by atoms with E-state index in [4.69, 9.17) is 0 Å². The zero-order chi connectivity index (χ0) is 16.2. The summed E-state index contributed by atoms with van der Waals surface area (Å²) in [6.45, 7) is 2.08. The molecule has 0 fully saturated rings. The number of rotatable bonds is 4. The zero-order valence-corrected chi connectivity index (χ0v) is 13.1. The molecule has 0 unspecified atom stereocenters. The van der Waals surface area contributed by atoms with E-state index in [2.05, 4.69) is 31.2 Å². The molecule has 0 saturated carbocycles. The summed E-state index contributed by atoms with van der Waals surface area (Å²) >= 11 is 0. The van der Waals surface area contributed by atoms with Crippen molar-refractivity contribution in [3.63, 3.8) is 0 Å². The highest BCUT2D eigenvalue weighted by atomic mass is 16.3. The van der Waals surface area contributed by atoms with E-state index in [1.165, 1.54) is 11.1 Å². The lowest BCUT2D eigenvalue weighted by Crippen LogP contribution is -2.05. The van der Waals surface area contributed by atoms with Gasteiger partial charge >= 0.3 is 0 Å². The summed E-state index contributed by atoms with van der Waals surface area (Å²) in [6, 6.07) is 23.3. The van der Waals surface area contributed by atoms with Gasteiger partial charge in [0.05, 0.1) is 0 Å². The van der Waals surface area contributed by atoms with Crippen LogP contribution in [0.15, 0.2) is 72.8 Å². The smallest absolute Gasteiger partial charge is 0.115 e. The first-order chi connectivity index (χ1) is 11.1. The van der Waals surface area contributed by atoms with Crippen molar-refractivity contribution in [1.29, 1.82) is 0 Å². The van der Waals surface area contributed by atoms with Gasteiger partial charge in [0.1, 0.15) is 11.5 Å². The highest BCUT2D eigenvalue weighted by Gasteiger charge is 2.15. The Kier molecular flexibility index (Phi) is 4.33. The molecule has 0 aliphatic carbocycles. The number of phenolic OH excluding ortho intramolecular Hbond substituents is 2. The Morgan fingerprint density at radius 1 is 0.652 bits per heavy atom. The Labute approximate surface area is 136 Å². The molecule has 0 spiro atoms. The fourth-order valence-electron chi connectivity index (χ4n) is 2.80. The van der Waals surface area contributed by atoms with Crippen molar-refractivity contribution >= 4 is 0 Å². The van der Waals surface area contributed by atoms with Crippen LogP contribution in [0.1, 0.15) is 28.2 Å². The number of aryl methyl sites for hydroxylation is 1. The molecule has 3 aromatic carbocycles. The molecule has 0 saturated heterocycles. The van der Waals surface area contributed by atoms with Gasteiger partial charge in [0.25, 0.3) is 0 Å². The maximum absolute atomic E-state index is 9.53. The van der Waals surface area contributed by atoms with Crippen molar-refractivity contribution in [3.05, 3.63) is 95.1 Å². The monoisotopic (exact) mass is 304 g/mol. The maximum atomic E-state index is 9.53. The largest absolute Gasteiger partial charge is 0.508 e. The van der Waals surface area contributed by atoms with Crippen molar-refractivity contribution in [2.45, 2.75) is 19.3 Å². The van der Waals surface area contributed by atoms with Crippen LogP contribution in [0.4, 0.5) is 0 Å². The van der Waals surface area contributed by atoms with Crippen LogP contribution in [0.2, 0.25) is 0 Å². The number of phenols is 2. The number of aromatic hydroxyl groups is 2. The van der Waals surface area contributed by atoms with Crippen LogP contribution < -0.4 is 0 Å². The predicted molar refractivity (Wildman–Crippen MR) is 92.9 cm³/mol. The van der Waals surface area contributed by atoms with Crippen LogP contribution in [-0.4, -0.2) is 10.2 Å². The van der Waals surface area contributed by atoms with E-state index in [9.17, 15) is 10.2 Å². The van der Waals surface area contributed by atoms with E-state index in [0.29, 0.717) is 0 Å². The van der Waals surface area contributed by atoms with E-state index in [1.807, 2.05) is 24.3 Å². The molecule has 116 valence electrons. The number of hydrogen-bond donors (Lipinski definition) is 2. The Balaban J connectivity index is 1.97. The van der Waals surface area contributed by atoms with Gasteiger partial charge in [-0.3, -0.25) is 0 Å². The molecule has 3 aromatic rings. The molecule has 0 aliphatic rings. The third kappa shape index (κ3) is 3.72. The molecular weight excluding hydrogens is 284 g/mol. The van der Waals surface area contributed by atoms with E-state index >= 15 is 0 Å². The average molecular weight is 304 g/mol. The summed E-state index contributed by atoms with van der Waals surface area (Å²) in [5, 5.41) is 19.1. The standard InChI is InChI=1S/C21H20O2/c1-15-2-4-16(5-3-15)14-21(17-6-10-19(22)11-7-17)18-8-12-20(23)13-9-18/h2-13,21-23H,14H2,1H3. The van der Waals surface area contributed by atoms with Crippen molar-refractivity contribution in [2.75, 3.05) is 0 Å². The third-order valence-corrected chi connectivity index (χ3v) is 4.15. The van der Waals surface area contributed by atoms with Gasteiger partial charge in [-0.1, -0.05) is 54.1 Å². The molecule has 0 heterocycles. The molecule has 0 aromatic heterocycles. The Hall–Kier alpha value is -2.74. The Morgan fingerprint density at radius 2 is 1.09 bits per heavy atom.